The molecule has 1 aliphatic heterocycles. The van der Waals surface area contributed by atoms with Gasteiger partial charge in [-0.05, 0) is 43.1 Å². The van der Waals surface area contributed by atoms with Crippen molar-refractivity contribution >= 4 is 11.9 Å². The lowest BCUT2D eigenvalue weighted by Gasteiger charge is -2.38. The van der Waals surface area contributed by atoms with Crippen LogP contribution in [0.15, 0.2) is 34.5 Å². The molecule has 1 spiro atoms. The summed E-state index contributed by atoms with van der Waals surface area (Å²) >= 11 is 0. The Morgan fingerprint density at radius 2 is 1.87 bits per heavy atom. The van der Waals surface area contributed by atoms with Gasteiger partial charge in [0, 0.05) is 17.9 Å². The molecule has 2 saturated carbocycles. The summed E-state index contributed by atoms with van der Waals surface area (Å²) in [5.41, 5.74) is -1.63. The molecule has 0 bridgehead atoms. The molecule has 1 N–H and O–H groups in total. The van der Waals surface area contributed by atoms with Gasteiger partial charge in [0.05, 0.1) is 7.11 Å². The third kappa shape index (κ3) is 3.70. The second-order valence-corrected chi connectivity index (χ2v) is 8.65. The Kier molecular flexibility index (Phi) is 5.10. The third-order valence-electron chi connectivity index (χ3n) is 6.78. The number of carbonyl (C=O) groups excluding carboxylic acids is 2. The number of hydrogen-bond donors (Lipinski definition) is 1. The van der Waals surface area contributed by atoms with Gasteiger partial charge in [0.25, 0.3) is 0 Å². The second kappa shape index (κ2) is 7.35. The molecule has 2 unspecified atom stereocenters. The van der Waals surface area contributed by atoms with Crippen molar-refractivity contribution in [2.75, 3.05) is 7.11 Å². The Labute approximate surface area is 172 Å². The number of nitrogens with one attached hydrogen (secondary N) is 1. The normalized spacial score (nSPS) is 24.2. The molecule has 3 aliphatic rings. The van der Waals surface area contributed by atoms with Crippen LogP contribution in [0.3, 0.4) is 0 Å². The third-order valence-corrected chi connectivity index (χ3v) is 6.78. The van der Waals surface area contributed by atoms with Crippen LogP contribution in [0.2, 0.25) is 0 Å². The summed E-state index contributed by atoms with van der Waals surface area (Å²) < 4.78 is 44.2. The maximum absolute atomic E-state index is 13.1. The molecule has 2 aliphatic carbocycles. The van der Waals surface area contributed by atoms with E-state index in [2.05, 4.69) is 15.5 Å². The molecule has 30 heavy (non-hydrogen) atoms. The van der Waals surface area contributed by atoms with Crippen molar-refractivity contribution in [1.29, 1.82) is 0 Å². The fraction of sp³-hybridized carbons (Fsp3) is 0.619. The van der Waals surface area contributed by atoms with Crippen LogP contribution in [0.4, 0.5) is 13.2 Å². The molecular weight excluding hydrogens is 399 g/mol. The molecule has 1 heterocycles. The highest BCUT2D eigenvalue weighted by Crippen LogP contribution is 2.55. The first-order valence-corrected chi connectivity index (χ1v) is 10.2. The van der Waals surface area contributed by atoms with Crippen molar-refractivity contribution < 1.29 is 27.5 Å². The molecule has 2 atom stereocenters. The van der Waals surface area contributed by atoms with Gasteiger partial charge in [-0.25, -0.2) is 4.79 Å². The maximum atomic E-state index is 13.1. The summed E-state index contributed by atoms with van der Waals surface area (Å²) in [6.07, 6.45) is 1.82. The number of alkyl halides is 3. The van der Waals surface area contributed by atoms with Gasteiger partial charge in [0.15, 0.2) is 0 Å². The number of amides is 1. The van der Waals surface area contributed by atoms with Crippen LogP contribution in [-0.2, 0) is 26.4 Å². The van der Waals surface area contributed by atoms with E-state index >= 15 is 0 Å². The maximum Gasteiger partial charge on any atom is 0.442 e. The van der Waals surface area contributed by atoms with E-state index in [1.807, 2.05) is 0 Å². The number of carbonyl (C=O) groups is 2. The molecule has 162 valence electrons. The Morgan fingerprint density at radius 1 is 1.20 bits per heavy atom. The summed E-state index contributed by atoms with van der Waals surface area (Å²) in [4.78, 5) is 24.9. The van der Waals surface area contributed by atoms with E-state index < -0.39 is 23.9 Å². The fourth-order valence-electron chi connectivity index (χ4n) is 4.74. The van der Waals surface area contributed by atoms with Gasteiger partial charge in [-0.15, -0.1) is 10.2 Å². The van der Waals surface area contributed by atoms with Gasteiger partial charge in [-0.2, -0.15) is 13.2 Å². The molecule has 0 radical (unpaired) electrons. The van der Waals surface area contributed by atoms with Gasteiger partial charge < -0.3 is 10.1 Å². The van der Waals surface area contributed by atoms with E-state index in [-0.39, 0.29) is 23.8 Å². The second-order valence-electron chi connectivity index (χ2n) is 8.65. The highest BCUT2D eigenvalue weighted by atomic mass is 19.4. The fourth-order valence-corrected chi connectivity index (χ4v) is 4.74. The lowest BCUT2D eigenvalue weighted by Crippen LogP contribution is -2.45. The standard InChI is InChI=1S/C21H24F3N3O3/c1-30-18(29)16(25-17(28)14-7-10-19(12-14)8-2-9-19)11-13-3-5-15(6-4-13)20(26-27-20)21(22,23)24/h3-6,14,16H,2,7-12H2,1H3,(H,25,28). The minimum Gasteiger partial charge on any atom is -0.467 e. The summed E-state index contributed by atoms with van der Waals surface area (Å²) in [5, 5.41) is 9.16. The van der Waals surface area contributed by atoms with E-state index in [1.54, 1.807) is 0 Å². The van der Waals surface area contributed by atoms with E-state index in [0.29, 0.717) is 11.0 Å². The Balaban J connectivity index is 1.41. The highest BCUT2D eigenvalue weighted by molar-refractivity contribution is 5.86. The summed E-state index contributed by atoms with van der Waals surface area (Å²) in [5.74, 6) is -0.843. The van der Waals surface area contributed by atoms with E-state index in [9.17, 15) is 22.8 Å². The number of methoxy groups -OCH3 is 1. The summed E-state index contributed by atoms with van der Waals surface area (Å²) in [7, 11) is 1.24. The zero-order valence-corrected chi connectivity index (χ0v) is 16.7. The predicted molar refractivity (Wildman–Crippen MR) is 100 cm³/mol. The van der Waals surface area contributed by atoms with Crippen molar-refractivity contribution in [3.05, 3.63) is 35.4 Å². The molecule has 0 aromatic heterocycles. The molecule has 1 amide bonds. The number of halogens is 3. The zero-order valence-electron chi connectivity index (χ0n) is 16.7. The van der Waals surface area contributed by atoms with Crippen LogP contribution in [0.1, 0.15) is 49.7 Å². The number of esters is 1. The molecule has 1 aromatic rings. The van der Waals surface area contributed by atoms with E-state index in [1.165, 1.54) is 50.6 Å². The van der Waals surface area contributed by atoms with Crippen LogP contribution in [0, 0.1) is 11.3 Å². The molecule has 1 aromatic carbocycles. The van der Waals surface area contributed by atoms with Crippen molar-refractivity contribution in [1.82, 2.24) is 5.32 Å². The van der Waals surface area contributed by atoms with E-state index in [0.717, 1.165) is 19.3 Å². The number of nitrogens with zero attached hydrogens (tertiary/aromatic N) is 2. The largest absolute Gasteiger partial charge is 0.467 e. The lowest BCUT2D eigenvalue weighted by molar-refractivity contribution is -0.166. The van der Waals surface area contributed by atoms with Crippen molar-refractivity contribution in [3.8, 4) is 0 Å². The van der Waals surface area contributed by atoms with Crippen LogP contribution < -0.4 is 5.32 Å². The number of ether oxygens (including phenoxy) is 1. The summed E-state index contributed by atoms with van der Waals surface area (Å²) in [6.45, 7) is 0. The molecular formula is C21H24F3N3O3. The topological polar surface area (TPSA) is 80.1 Å². The number of hydrogen-bond acceptors (Lipinski definition) is 5. The summed E-state index contributed by atoms with van der Waals surface area (Å²) in [6, 6.07) is 4.70. The lowest BCUT2D eigenvalue weighted by atomic mass is 9.67. The smallest absolute Gasteiger partial charge is 0.442 e. The van der Waals surface area contributed by atoms with Gasteiger partial charge in [0.1, 0.15) is 6.04 Å². The molecule has 9 heteroatoms. The average molecular weight is 423 g/mol. The molecule has 2 fully saturated rings. The Hall–Kier alpha value is -2.45. The van der Waals surface area contributed by atoms with Gasteiger partial charge >= 0.3 is 17.8 Å². The minimum absolute atomic E-state index is 0.0749. The Bertz CT molecular complexity index is 856. The van der Waals surface area contributed by atoms with Gasteiger partial charge in [-0.3, -0.25) is 4.79 Å². The van der Waals surface area contributed by atoms with Crippen molar-refractivity contribution in [2.45, 2.75) is 62.8 Å². The van der Waals surface area contributed by atoms with Gasteiger partial charge in [-0.1, -0.05) is 30.7 Å². The molecule has 6 nitrogen and oxygen atoms in total. The van der Waals surface area contributed by atoms with Crippen LogP contribution >= 0.6 is 0 Å². The van der Waals surface area contributed by atoms with Crippen LogP contribution in [0.25, 0.3) is 0 Å². The molecule has 4 rings (SSSR count). The first-order valence-electron chi connectivity index (χ1n) is 10.2. The first-order chi connectivity index (χ1) is 14.2. The van der Waals surface area contributed by atoms with Crippen LogP contribution in [0.5, 0.6) is 0 Å². The molecule has 0 saturated heterocycles. The quantitative estimate of drug-likeness (QED) is 0.702. The van der Waals surface area contributed by atoms with Gasteiger partial charge in [0.2, 0.25) is 5.91 Å². The van der Waals surface area contributed by atoms with E-state index in [4.69, 9.17) is 4.74 Å². The average Bonchev–Trinajstić information content (AvgIpc) is 3.38. The van der Waals surface area contributed by atoms with Crippen molar-refractivity contribution in [3.63, 3.8) is 0 Å². The number of rotatable bonds is 6. The van der Waals surface area contributed by atoms with Crippen LogP contribution in [-0.4, -0.2) is 31.2 Å². The monoisotopic (exact) mass is 423 g/mol. The Morgan fingerprint density at radius 3 is 2.33 bits per heavy atom. The number of benzene rings is 1. The predicted octanol–water partition coefficient (Wildman–Crippen LogP) is 4.04. The highest BCUT2D eigenvalue weighted by Gasteiger charge is 2.65. The van der Waals surface area contributed by atoms with Crippen molar-refractivity contribution in [2.24, 2.45) is 21.6 Å². The first kappa shape index (κ1) is 20.8. The zero-order chi connectivity index (χ0) is 21.6. The SMILES string of the molecule is COC(=O)C(Cc1ccc(C2(C(F)(F)F)N=N2)cc1)NC(=O)C1CCC2(CCC2)C1. The minimum atomic E-state index is -4.59.